The van der Waals surface area contributed by atoms with Crippen molar-refractivity contribution in [2.45, 2.75) is 18.2 Å². The van der Waals surface area contributed by atoms with E-state index < -0.39 is 0 Å². The summed E-state index contributed by atoms with van der Waals surface area (Å²) in [5.74, 6) is 0.389. The third kappa shape index (κ3) is 2.60. The maximum absolute atomic E-state index is 6.69. The minimum Gasteiger partial charge on any atom is -0.381 e. The van der Waals surface area contributed by atoms with Crippen LogP contribution in [0.3, 0.4) is 0 Å². The molecule has 1 aliphatic heterocycles. The molecule has 100 valence electrons. The van der Waals surface area contributed by atoms with Gasteiger partial charge in [-0.15, -0.1) is 11.6 Å². The molecule has 1 heterocycles. The molecule has 0 spiro atoms. The van der Waals surface area contributed by atoms with Gasteiger partial charge in [-0.25, -0.2) is 0 Å². The highest BCUT2D eigenvalue weighted by molar-refractivity contribution is 6.35. The Kier molecular flexibility index (Phi) is 3.97. The number of hydrogen-bond donors (Lipinski definition) is 0. The number of rotatable bonds is 2. The van der Waals surface area contributed by atoms with Gasteiger partial charge in [0.25, 0.3) is 0 Å². The lowest BCUT2D eigenvalue weighted by atomic mass is 9.91. The Morgan fingerprint density at radius 2 is 1.89 bits per heavy atom. The van der Waals surface area contributed by atoms with E-state index >= 15 is 0 Å². The summed E-state index contributed by atoms with van der Waals surface area (Å²) < 4.78 is 5.55. The molecule has 0 N–H and O–H groups in total. The average Bonchev–Trinajstić information content (AvgIpc) is 2.48. The topological polar surface area (TPSA) is 9.23 Å². The first-order valence-electron chi connectivity index (χ1n) is 6.66. The summed E-state index contributed by atoms with van der Waals surface area (Å²) in [7, 11) is 0. The number of ether oxygens (including phenoxy) is 1. The van der Waals surface area contributed by atoms with E-state index in [4.69, 9.17) is 27.9 Å². The zero-order valence-electron chi connectivity index (χ0n) is 10.6. The van der Waals surface area contributed by atoms with Crippen molar-refractivity contribution in [2.24, 2.45) is 5.92 Å². The van der Waals surface area contributed by atoms with Crippen LogP contribution in [-0.4, -0.2) is 13.2 Å². The second-order valence-electron chi connectivity index (χ2n) is 5.06. The van der Waals surface area contributed by atoms with Gasteiger partial charge in [0.1, 0.15) is 0 Å². The molecule has 0 amide bonds. The SMILES string of the molecule is Clc1ccc(C(Cl)C2CCCOC2)c2ccccc12. The van der Waals surface area contributed by atoms with Crippen LogP contribution >= 0.6 is 23.2 Å². The highest BCUT2D eigenvalue weighted by Crippen LogP contribution is 2.39. The van der Waals surface area contributed by atoms with Crippen molar-refractivity contribution >= 4 is 34.0 Å². The molecule has 0 aliphatic carbocycles. The summed E-state index contributed by atoms with van der Waals surface area (Å²) in [5.41, 5.74) is 1.16. The van der Waals surface area contributed by atoms with Gasteiger partial charge in [0.2, 0.25) is 0 Å². The van der Waals surface area contributed by atoms with E-state index in [0.29, 0.717) is 5.92 Å². The molecule has 2 aromatic carbocycles. The second kappa shape index (κ2) is 5.70. The number of alkyl halides is 1. The number of hydrogen-bond acceptors (Lipinski definition) is 1. The fourth-order valence-corrected chi connectivity index (χ4v) is 3.39. The summed E-state index contributed by atoms with van der Waals surface area (Å²) in [5, 5.41) is 3.00. The highest BCUT2D eigenvalue weighted by Gasteiger charge is 2.25. The van der Waals surface area contributed by atoms with Crippen LogP contribution in [0.4, 0.5) is 0 Å². The van der Waals surface area contributed by atoms with Crippen molar-refractivity contribution < 1.29 is 4.74 Å². The van der Waals surface area contributed by atoms with E-state index in [0.717, 1.165) is 47.4 Å². The molecular weight excluding hydrogens is 279 g/mol. The van der Waals surface area contributed by atoms with Crippen LogP contribution in [0.15, 0.2) is 36.4 Å². The number of fused-ring (bicyclic) bond motifs is 1. The molecule has 2 unspecified atom stereocenters. The first-order valence-corrected chi connectivity index (χ1v) is 7.48. The Balaban J connectivity index is 2.02. The van der Waals surface area contributed by atoms with Crippen molar-refractivity contribution in [1.29, 1.82) is 0 Å². The van der Waals surface area contributed by atoms with Gasteiger partial charge in [0, 0.05) is 22.9 Å². The quantitative estimate of drug-likeness (QED) is 0.692. The number of benzene rings is 2. The lowest BCUT2D eigenvalue weighted by Gasteiger charge is -2.27. The molecule has 0 aromatic heterocycles. The molecular formula is C16H16Cl2O. The predicted octanol–water partition coefficient (Wildman–Crippen LogP) is 5.20. The Bertz CT molecular complexity index is 576. The fourth-order valence-electron chi connectivity index (χ4n) is 2.78. The van der Waals surface area contributed by atoms with Gasteiger partial charge < -0.3 is 4.74 Å². The monoisotopic (exact) mass is 294 g/mol. The van der Waals surface area contributed by atoms with E-state index in [1.165, 1.54) is 0 Å². The lowest BCUT2D eigenvalue weighted by Crippen LogP contribution is -2.21. The van der Waals surface area contributed by atoms with Gasteiger partial charge >= 0.3 is 0 Å². The van der Waals surface area contributed by atoms with Gasteiger partial charge in [-0.1, -0.05) is 41.9 Å². The molecule has 3 heteroatoms. The van der Waals surface area contributed by atoms with Gasteiger partial charge in [0.15, 0.2) is 0 Å². The molecule has 2 atom stereocenters. The second-order valence-corrected chi connectivity index (χ2v) is 5.94. The van der Waals surface area contributed by atoms with Crippen LogP contribution < -0.4 is 0 Å². The van der Waals surface area contributed by atoms with Crippen molar-refractivity contribution in [3.63, 3.8) is 0 Å². The van der Waals surface area contributed by atoms with Gasteiger partial charge in [-0.3, -0.25) is 0 Å². The largest absolute Gasteiger partial charge is 0.381 e. The molecule has 0 saturated carbocycles. The van der Waals surface area contributed by atoms with E-state index in [1.54, 1.807) is 0 Å². The summed E-state index contributed by atoms with van der Waals surface area (Å²) in [6, 6.07) is 12.2. The minimum atomic E-state index is -0.0116. The normalized spacial score (nSPS) is 21.5. The molecule has 1 nitrogen and oxygen atoms in total. The third-order valence-electron chi connectivity index (χ3n) is 3.81. The van der Waals surface area contributed by atoms with Crippen molar-refractivity contribution in [2.75, 3.05) is 13.2 Å². The first kappa shape index (κ1) is 13.2. The van der Waals surface area contributed by atoms with Gasteiger partial charge in [-0.05, 0) is 29.9 Å². The van der Waals surface area contributed by atoms with E-state index in [-0.39, 0.29) is 5.38 Å². The minimum absolute atomic E-state index is 0.0116. The molecule has 1 aliphatic rings. The fraction of sp³-hybridized carbons (Fsp3) is 0.375. The Labute approximate surface area is 123 Å². The average molecular weight is 295 g/mol. The Hall–Kier alpha value is -0.760. The standard InChI is InChI=1S/C16H16Cl2O/c17-15-8-7-14(12-5-1-2-6-13(12)15)16(18)11-4-3-9-19-10-11/h1-2,5-8,11,16H,3-4,9-10H2. The Morgan fingerprint density at radius 1 is 1.11 bits per heavy atom. The van der Waals surface area contributed by atoms with E-state index in [9.17, 15) is 0 Å². The zero-order chi connectivity index (χ0) is 13.2. The van der Waals surface area contributed by atoms with Crippen LogP contribution in [0.25, 0.3) is 10.8 Å². The summed E-state index contributed by atoms with van der Waals surface area (Å²) in [4.78, 5) is 0. The zero-order valence-corrected chi connectivity index (χ0v) is 12.1. The molecule has 19 heavy (non-hydrogen) atoms. The van der Waals surface area contributed by atoms with Gasteiger partial charge in [0.05, 0.1) is 12.0 Å². The molecule has 1 fully saturated rings. The summed E-state index contributed by atoms with van der Waals surface area (Å²) in [6.45, 7) is 1.62. The molecule has 0 bridgehead atoms. The molecule has 0 radical (unpaired) electrons. The highest BCUT2D eigenvalue weighted by atomic mass is 35.5. The number of halogens is 2. The molecule has 3 rings (SSSR count). The molecule has 2 aromatic rings. The summed E-state index contributed by atoms with van der Waals surface area (Å²) in [6.07, 6.45) is 2.23. The van der Waals surface area contributed by atoms with Crippen LogP contribution in [-0.2, 0) is 4.74 Å². The predicted molar refractivity (Wildman–Crippen MR) is 81.1 cm³/mol. The van der Waals surface area contributed by atoms with Crippen molar-refractivity contribution in [3.8, 4) is 0 Å². The van der Waals surface area contributed by atoms with Crippen LogP contribution in [0.1, 0.15) is 23.8 Å². The summed E-state index contributed by atoms with van der Waals surface area (Å²) >= 11 is 12.9. The first-order chi connectivity index (χ1) is 9.27. The molecule has 1 saturated heterocycles. The Morgan fingerprint density at radius 3 is 2.63 bits per heavy atom. The smallest absolute Gasteiger partial charge is 0.0641 e. The van der Waals surface area contributed by atoms with Crippen molar-refractivity contribution in [1.82, 2.24) is 0 Å². The van der Waals surface area contributed by atoms with Crippen molar-refractivity contribution in [3.05, 3.63) is 47.0 Å². The van der Waals surface area contributed by atoms with E-state index in [2.05, 4.69) is 12.1 Å². The van der Waals surface area contributed by atoms with Crippen LogP contribution in [0.2, 0.25) is 5.02 Å². The lowest BCUT2D eigenvalue weighted by molar-refractivity contribution is 0.0533. The van der Waals surface area contributed by atoms with Crippen LogP contribution in [0, 0.1) is 5.92 Å². The maximum atomic E-state index is 6.69. The van der Waals surface area contributed by atoms with E-state index in [1.807, 2.05) is 24.3 Å². The maximum Gasteiger partial charge on any atom is 0.0641 e. The third-order valence-corrected chi connectivity index (χ3v) is 4.73. The van der Waals surface area contributed by atoms with Gasteiger partial charge in [-0.2, -0.15) is 0 Å². The van der Waals surface area contributed by atoms with Crippen LogP contribution in [0.5, 0.6) is 0 Å².